The van der Waals surface area contributed by atoms with Crippen molar-refractivity contribution < 1.29 is 23.9 Å². The first kappa shape index (κ1) is 21.3. The Morgan fingerprint density at radius 3 is 2.24 bits per heavy atom. The highest BCUT2D eigenvalue weighted by Crippen LogP contribution is 2.50. The van der Waals surface area contributed by atoms with Crippen molar-refractivity contribution in [2.75, 3.05) is 24.2 Å². The number of rotatable bonds is 5. The molecular weight excluding hydrogens is 444 g/mol. The number of hydroxylamine groups is 1. The van der Waals surface area contributed by atoms with Crippen molar-refractivity contribution in [2.24, 2.45) is 5.92 Å². The third kappa shape index (κ3) is 3.50. The second-order valence-electron chi connectivity index (χ2n) is 7.75. The number of ether oxygens (including phenoxy) is 2. The summed E-state index contributed by atoms with van der Waals surface area (Å²) in [7, 11) is 3.13. The summed E-state index contributed by atoms with van der Waals surface area (Å²) in [6, 6.07) is 20.8. The summed E-state index contributed by atoms with van der Waals surface area (Å²) in [6.07, 6.45) is -0.967. The summed E-state index contributed by atoms with van der Waals surface area (Å²) in [4.78, 5) is 34.4. The number of amides is 2. The lowest BCUT2D eigenvalue weighted by Gasteiger charge is -2.29. The van der Waals surface area contributed by atoms with Gasteiger partial charge < -0.3 is 9.47 Å². The Hall–Kier alpha value is -3.55. The van der Waals surface area contributed by atoms with Crippen LogP contribution in [0.15, 0.2) is 72.8 Å². The van der Waals surface area contributed by atoms with E-state index in [9.17, 15) is 9.59 Å². The van der Waals surface area contributed by atoms with Crippen LogP contribution >= 0.6 is 11.6 Å². The Balaban J connectivity index is 1.62. The van der Waals surface area contributed by atoms with Crippen LogP contribution in [0.5, 0.6) is 11.5 Å². The van der Waals surface area contributed by atoms with E-state index < -0.39 is 24.0 Å². The first-order valence-electron chi connectivity index (χ1n) is 10.4. The predicted octanol–water partition coefficient (Wildman–Crippen LogP) is 4.41. The van der Waals surface area contributed by atoms with Crippen LogP contribution in [0.4, 0.5) is 11.4 Å². The van der Waals surface area contributed by atoms with Gasteiger partial charge in [-0.25, -0.2) is 9.96 Å². The standard InChI is InChI=1S/C25H21ClN2O5/c1-31-18-12-13-19(20(14-18)32-2)22-21-23(33-28(22)17-6-4-3-5-7-17)25(30)27(24(21)29)16-10-8-15(26)9-11-16/h3-14,21-23H,1-2H3/t21-,22-,23-/m0/s1. The SMILES string of the molecule is COc1ccc([C@H]2[C@@H]3C(=O)N(c4ccc(Cl)cc4)C(=O)[C@H]3ON2c2ccccc2)c(OC)c1. The summed E-state index contributed by atoms with van der Waals surface area (Å²) < 4.78 is 11.0. The number of para-hydroxylation sites is 1. The zero-order valence-corrected chi connectivity index (χ0v) is 18.7. The van der Waals surface area contributed by atoms with E-state index in [2.05, 4.69) is 0 Å². The number of hydrogen-bond acceptors (Lipinski definition) is 6. The molecule has 2 aliphatic heterocycles. The molecule has 3 atom stereocenters. The number of hydrogen-bond donors (Lipinski definition) is 0. The summed E-state index contributed by atoms with van der Waals surface area (Å²) in [6.45, 7) is 0. The lowest BCUT2D eigenvalue weighted by atomic mass is 9.90. The van der Waals surface area contributed by atoms with E-state index in [-0.39, 0.29) is 5.91 Å². The van der Waals surface area contributed by atoms with Gasteiger partial charge in [0.1, 0.15) is 17.4 Å². The second-order valence-corrected chi connectivity index (χ2v) is 8.19. The van der Waals surface area contributed by atoms with Gasteiger partial charge in [0.2, 0.25) is 5.91 Å². The van der Waals surface area contributed by atoms with Gasteiger partial charge in [-0.3, -0.25) is 14.4 Å². The molecule has 2 aliphatic rings. The van der Waals surface area contributed by atoms with Gasteiger partial charge in [0, 0.05) is 16.7 Å². The lowest BCUT2D eigenvalue weighted by molar-refractivity contribution is -0.126. The first-order chi connectivity index (χ1) is 16.0. The van der Waals surface area contributed by atoms with E-state index >= 15 is 0 Å². The number of carbonyl (C=O) groups excluding carboxylic acids is 2. The lowest BCUT2D eigenvalue weighted by Crippen LogP contribution is -2.37. The molecule has 8 heteroatoms. The van der Waals surface area contributed by atoms with Crippen molar-refractivity contribution in [3.05, 3.63) is 83.4 Å². The fraction of sp³-hybridized carbons (Fsp3) is 0.200. The van der Waals surface area contributed by atoms with Crippen LogP contribution in [0, 0.1) is 5.92 Å². The maximum absolute atomic E-state index is 13.7. The van der Waals surface area contributed by atoms with E-state index in [1.165, 1.54) is 4.90 Å². The number of imide groups is 1. The van der Waals surface area contributed by atoms with E-state index in [0.717, 1.165) is 5.69 Å². The maximum atomic E-state index is 13.7. The second kappa shape index (κ2) is 8.42. The van der Waals surface area contributed by atoms with Crippen LogP contribution in [0.1, 0.15) is 11.6 Å². The van der Waals surface area contributed by atoms with Gasteiger partial charge in [0.25, 0.3) is 5.91 Å². The number of halogens is 1. The summed E-state index contributed by atoms with van der Waals surface area (Å²) in [5.41, 5.74) is 1.90. The number of benzene rings is 3. The molecular formula is C25H21ClN2O5. The fourth-order valence-corrected chi connectivity index (χ4v) is 4.56. The number of nitrogens with zero attached hydrogens (tertiary/aromatic N) is 2. The Morgan fingerprint density at radius 2 is 1.58 bits per heavy atom. The molecule has 3 aromatic carbocycles. The van der Waals surface area contributed by atoms with Gasteiger partial charge in [-0.1, -0.05) is 29.8 Å². The van der Waals surface area contributed by atoms with Crippen LogP contribution in [-0.2, 0) is 14.4 Å². The van der Waals surface area contributed by atoms with Crippen LogP contribution in [-0.4, -0.2) is 32.1 Å². The first-order valence-corrected chi connectivity index (χ1v) is 10.8. The van der Waals surface area contributed by atoms with Crippen LogP contribution in [0.3, 0.4) is 0 Å². The van der Waals surface area contributed by atoms with Gasteiger partial charge in [-0.05, 0) is 48.5 Å². The number of methoxy groups -OCH3 is 2. The fourth-order valence-electron chi connectivity index (χ4n) is 4.44. The summed E-state index contributed by atoms with van der Waals surface area (Å²) in [5.74, 6) is -0.365. The zero-order valence-electron chi connectivity index (χ0n) is 18.0. The van der Waals surface area contributed by atoms with Crippen LogP contribution < -0.4 is 19.4 Å². The molecule has 0 bridgehead atoms. The molecule has 0 aliphatic carbocycles. The molecule has 2 heterocycles. The third-order valence-electron chi connectivity index (χ3n) is 5.97. The van der Waals surface area contributed by atoms with E-state index in [4.69, 9.17) is 25.9 Å². The molecule has 2 saturated heterocycles. The van der Waals surface area contributed by atoms with Crippen molar-refractivity contribution in [3.63, 3.8) is 0 Å². The summed E-state index contributed by atoms with van der Waals surface area (Å²) in [5, 5.41) is 2.15. The Morgan fingerprint density at radius 1 is 0.848 bits per heavy atom. The highest BCUT2D eigenvalue weighted by Gasteiger charge is 2.60. The molecule has 2 fully saturated rings. The molecule has 0 N–H and O–H groups in total. The molecule has 168 valence electrons. The van der Waals surface area contributed by atoms with Gasteiger partial charge in [0.15, 0.2) is 6.10 Å². The molecule has 0 aromatic heterocycles. The van der Waals surface area contributed by atoms with Gasteiger partial charge in [-0.15, -0.1) is 0 Å². The quantitative estimate of drug-likeness (QED) is 0.521. The monoisotopic (exact) mass is 464 g/mol. The number of fused-ring (bicyclic) bond motifs is 1. The predicted molar refractivity (Wildman–Crippen MR) is 124 cm³/mol. The van der Waals surface area contributed by atoms with Crippen molar-refractivity contribution >= 4 is 34.8 Å². The van der Waals surface area contributed by atoms with Gasteiger partial charge in [-0.2, -0.15) is 0 Å². The topological polar surface area (TPSA) is 68.3 Å². The van der Waals surface area contributed by atoms with E-state index in [1.807, 2.05) is 36.4 Å². The van der Waals surface area contributed by atoms with Crippen molar-refractivity contribution in [1.29, 1.82) is 0 Å². The molecule has 0 radical (unpaired) electrons. The number of carbonyl (C=O) groups is 2. The third-order valence-corrected chi connectivity index (χ3v) is 6.22. The minimum absolute atomic E-state index is 0.339. The van der Waals surface area contributed by atoms with Gasteiger partial charge >= 0.3 is 0 Å². The maximum Gasteiger partial charge on any atom is 0.266 e. The zero-order chi connectivity index (χ0) is 23.1. The van der Waals surface area contributed by atoms with Crippen LogP contribution in [0.25, 0.3) is 0 Å². The molecule has 0 spiro atoms. The smallest absolute Gasteiger partial charge is 0.266 e. The Kier molecular flexibility index (Phi) is 5.44. The number of anilines is 2. The van der Waals surface area contributed by atoms with Crippen molar-refractivity contribution in [1.82, 2.24) is 0 Å². The highest BCUT2D eigenvalue weighted by atomic mass is 35.5. The Labute approximate surface area is 196 Å². The van der Waals surface area contributed by atoms with Gasteiger partial charge in [0.05, 0.1) is 31.6 Å². The van der Waals surface area contributed by atoms with Crippen LogP contribution in [0.2, 0.25) is 5.02 Å². The summed E-state index contributed by atoms with van der Waals surface area (Å²) >= 11 is 5.99. The molecule has 2 amide bonds. The van der Waals surface area contributed by atoms with E-state index in [0.29, 0.717) is 27.8 Å². The van der Waals surface area contributed by atoms with Crippen molar-refractivity contribution in [2.45, 2.75) is 12.1 Å². The minimum atomic E-state index is -0.967. The average Bonchev–Trinajstić information content (AvgIpc) is 3.35. The molecule has 3 aromatic rings. The molecule has 0 unspecified atom stereocenters. The molecule has 7 nitrogen and oxygen atoms in total. The minimum Gasteiger partial charge on any atom is -0.497 e. The highest BCUT2D eigenvalue weighted by molar-refractivity contribution is 6.31. The largest absolute Gasteiger partial charge is 0.497 e. The Bertz CT molecular complexity index is 1200. The molecule has 33 heavy (non-hydrogen) atoms. The van der Waals surface area contributed by atoms with E-state index in [1.54, 1.807) is 55.7 Å². The average molecular weight is 465 g/mol. The van der Waals surface area contributed by atoms with Crippen molar-refractivity contribution in [3.8, 4) is 11.5 Å². The molecule has 5 rings (SSSR count). The molecule has 0 saturated carbocycles. The normalized spacial score (nSPS) is 22.0.